The second-order valence-corrected chi connectivity index (χ2v) is 6.18. The monoisotopic (exact) mass is 448 g/mol. The molecule has 5 nitrogen and oxygen atoms in total. The van der Waals surface area contributed by atoms with Crippen molar-refractivity contribution in [2.24, 2.45) is 0 Å². The lowest BCUT2D eigenvalue weighted by atomic mass is 10.1. The lowest BCUT2D eigenvalue weighted by molar-refractivity contribution is -0.143. The molecule has 0 spiro atoms. The van der Waals surface area contributed by atoms with Crippen LogP contribution in [0.2, 0.25) is 0 Å². The van der Waals surface area contributed by atoms with Gasteiger partial charge in [-0.25, -0.2) is 4.79 Å². The van der Waals surface area contributed by atoms with Crippen molar-refractivity contribution >= 4 is 49.9 Å². The first-order chi connectivity index (χ1) is 10.9. The fourth-order valence-electron chi connectivity index (χ4n) is 1.83. The highest BCUT2D eigenvalue weighted by Crippen LogP contribution is 2.33. The maximum atomic E-state index is 11.9. The summed E-state index contributed by atoms with van der Waals surface area (Å²) in [6, 6.07) is 3.60. The van der Waals surface area contributed by atoms with E-state index in [1.165, 1.54) is 7.11 Å². The predicted octanol–water partition coefficient (Wildman–Crippen LogP) is 4.12. The maximum absolute atomic E-state index is 11.9. The van der Waals surface area contributed by atoms with Crippen LogP contribution < -0.4 is 4.74 Å². The minimum absolute atomic E-state index is 0.111. The van der Waals surface area contributed by atoms with Crippen LogP contribution in [0.15, 0.2) is 26.7 Å². The molecule has 0 aliphatic carbocycles. The fourth-order valence-corrected chi connectivity index (χ4v) is 3.10. The molecule has 0 saturated heterocycles. The van der Waals surface area contributed by atoms with Crippen molar-refractivity contribution in [3.8, 4) is 5.75 Å². The molecule has 0 saturated carbocycles. The lowest BCUT2D eigenvalue weighted by Gasteiger charge is -2.09. The van der Waals surface area contributed by atoms with E-state index in [0.29, 0.717) is 17.9 Å². The molecule has 0 bridgehead atoms. The summed E-state index contributed by atoms with van der Waals surface area (Å²) in [5, 5.41) is 0. The Kier molecular flexibility index (Phi) is 8.33. The zero-order valence-corrected chi connectivity index (χ0v) is 16.3. The number of ether oxygens (including phenoxy) is 3. The summed E-state index contributed by atoms with van der Waals surface area (Å²) in [6.07, 6.45) is 2.01. The Labute approximate surface area is 152 Å². The van der Waals surface area contributed by atoms with Gasteiger partial charge in [-0.2, -0.15) is 0 Å². The fraction of sp³-hybridized carbons (Fsp3) is 0.375. The standard InChI is InChI=1S/C16H18Br2O5/c1-4-23-15(19)6-5-10(16(20)22-3)7-11-8-14(21-2)13(18)9-12(11)17/h7-9H,4-6H2,1-3H3/b10-7+. The van der Waals surface area contributed by atoms with Gasteiger partial charge < -0.3 is 14.2 Å². The van der Waals surface area contributed by atoms with Crippen molar-refractivity contribution in [2.45, 2.75) is 19.8 Å². The minimum atomic E-state index is -0.483. The van der Waals surface area contributed by atoms with Crippen LogP contribution in [0.3, 0.4) is 0 Å². The van der Waals surface area contributed by atoms with Gasteiger partial charge in [0.1, 0.15) is 5.75 Å². The smallest absolute Gasteiger partial charge is 0.333 e. The minimum Gasteiger partial charge on any atom is -0.496 e. The van der Waals surface area contributed by atoms with Gasteiger partial charge >= 0.3 is 11.9 Å². The summed E-state index contributed by atoms with van der Waals surface area (Å²) < 4.78 is 16.5. The van der Waals surface area contributed by atoms with E-state index < -0.39 is 5.97 Å². The second kappa shape index (κ2) is 9.72. The Balaban J connectivity index is 3.09. The summed E-state index contributed by atoms with van der Waals surface area (Å²) in [5.41, 5.74) is 1.12. The molecule has 1 rings (SSSR count). The van der Waals surface area contributed by atoms with Crippen molar-refractivity contribution in [1.82, 2.24) is 0 Å². The largest absolute Gasteiger partial charge is 0.496 e. The van der Waals surface area contributed by atoms with Crippen molar-refractivity contribution in [1.29, 1.82) is 0 Å². The van der Waals surface area contributed by atoms with E-state index in [4.69, 9.17) is 14.2 Å². The summed E-state index contributed by atoms with van der Waals surface area (Å²) in [6.45, 7) is 2.05. The highest BCUT2D eigenvalue weighted by atomic mass is 79.9. The molecule has 0 radical (unpaired) electrons. The molecule has 1 aromatic rings. The molecule has 0 fully saturated rings. The molecule has 0 amide bonds. The third-order valence-electron chi connectivity index (χ3n) is 2.95. The normalized spacial score (nSPS) is 11.1. The summed E-state index contributed by atoms with van der Waals surface area (Å²) >= 11 is 6.83. The van der Waals surface area contributed by atoms with Gasteiger partial charge in [-0.1, -0.05) is 15.9 Å². The molecule has 126 valence electrons. The molecular formula is C16H18Br2O5. The van der Waals surface area contributed by atoms with Gasteiger partial charge in [0, 0.05) is 16.5 Å². The predicted molar refractivity (Wildman–Crippen MR) is 94.3 cm³/mol. The van der Waals surface area contributed by atoms with E-state index >= 15 is 0 Å². The number of esters is 2. The SMILES string of the molecule is CCOC(=O)CC/C(=C\c1cc(OC)c(Br)cc1Br)C(=O)OC. The maximum Gasteiger partial charge on any atom is 0.333 e. The highest BCUT2D eigenvalue weighted by Gasteiger charge is 2.14. The van der Waals surface area contributed by atoms with E-state index in [1.54, 1.807) is 26.2 Å². The van der Waals surface area contributed by atoms with Crippen molar-refractivity contribution in [3.05, 3.63) is 32.2 Å². The second-order valence-electron chi connectivity index (χ2n) is 4.47. The first-order valence-electron chi connectivity index (χ1n) is 6.90. The Morgan fingerprint density at radius 2 is 1.83 bits per heavy atom. The Hall–Kier alpha value is -1.34. The topological polar surface area (TPSA) is 61.8 Å². The van der Waals surface area contributed by atoms with Crippen molar-refractivity contribution in [3.63, 3.8) is 0 Å². The van der Waals surface area contributed by atoms with Gasteiger partial charge in [0.2, 0.25) is 0 Å². The van der Waals surface area contributed by atoms with Crippen LogP contribution in [0.5, 0.6) is 5.75 Å². The van der Waals surface area contributed by atoms with E-state index in [2.05, 4.69) is 31.9 Å². The van der Waals surface area contributed by atoms with Crippen LogP contribution in [0.4, 0.5) is 0 Å². The van der Waals surface area contributed by atoms with E-state index in [0.717, 1.165) is 14.5 Å². The Bertz CT molecular complexity index is 611. The average Bonchev–Trinajstić information content (AvgIpc) is 2.52. The van der Waals surface area contributed by atoms with E-state index in [-0.39, 0.29) is 18.8 Å². The van der Waals surface area contributed by atoms with Gasteiger partial charge in [0.05, 0.1) is 25.3 Å². The first-order valence-corrected chi connectivity index (χ1v) is 8.49. The van der Waals surface area contributed by atoms with Crippen LogP contribution in [-0.2, 0) is 19.1 Å². The third-order valence-corrected chi connectivity index (χ3v) is 4.26. The first kappa shape index (κ1) is 19.7. The van der Waals surface area contributed by atoms with Gasteiger partial charge in [-0.3, -0.25) is 4.79 Å². The molecule has 0 aliphatic heterocycles. The zero-order valence-electron chi connectivity index (χ0n) is 13.2. The molecule has 1 aromatic carbocycles. The average molecular weight is 450 g/mol. The molecule has 0 aromatic heterocycles. The van der Waals surface area contributed by atoms with E-state index in [1.807, 2.05) is 6.07 Å². The van der Waals surface area contributed by atoms with Crippen molar-refractivity contribution < 1.29 is 23.8 Å². The number of carbonyl (C=O) groups excluding carboxylic acids is 2. The number of carbonyl (C=O) groups is 2. The summed E-state index contributed by atoms with van der Waals surface area (Å²) in [4.78, 5) is 23.4. The summed E-state index contributed by atoms with van der Waals surface area (Å²) in [5.74, 6) is -0.202. The highest BCUT2D eigenvalue weighted by molar-refractivity contribution is 9.11. The van der Waals surface area contributed by atoms with Gasteiger partial charge in [0.25, 0.3) is 0 Å². The van der Waals surface area contributed by atoms with Gasteiger partial charge in [0.15, 0.2) is 0 Å². The van der Waals surface area contributed by atoms with E-state index in [9.17, 15) is 9.59 Å². The number of rotatable bonds is 7. The number of methoxy groups -OCH3 is 2. The molecule has 0 aliphatic rings. The number of hydrogen-bond donors (Lipinski definition) is 0. The van der Waals surface area contributed by atoms with Crippen LogP contribution in [-0.4, -0.2) is 32.8 Å². The number of halogens is 2. The number of hydrogen-bond acceptors (Lipinski definition) is 5. The zero-order chi connectivity index (χ0) is 17.4. The molecule has 23 heavy (non-hydrogen) atoms. The van der Waals surface area contributed by atoms with Crippen LogP contribution in [0.25, 0.3) is 6.08 Å². The summed E-state index contributed by atoms with van der Waals surface area (Å²) in [7, 11) is 2.86. The third kappa shape index (κ3) is 5.99. The Morgan fingerprint density at radius 1 is 1.13 bits per heavy atom. The molecule has 0 heterocycles. The molecule has 7 heteroatoms. The Morgan fingerprint density at radius 3 is 2.39 bits per heavy atom. The van der Waals surface area contributed by atoms with Crippen LogP contribution in [0.1, 0.15) is 25.3 Å². The molecular weight excluding hydrogens is 432 g/mol. The molecule has 0 atom stereocenters. The van der Waals surface area contributed by atoms with Crippen LogP contribution in [0, 0.1) is 0 Å². The van der Waals surface area contributed by atoms with Gasteiger partial charge in [-0.05, 0) is 53.0 Å². The van der Waals surface area contributed by atoms with Crippen molar-refractivity contribution in [2.75, 3.05) is 20.8 Å². The van der Waals surface area contributed by atoms with Crippen LogP contribution >= 0.6 is 31.9 Å². The van der Waals surface area contributed by atoms with Gasteiger partial charge in [-0.15, -0.1) is 0 Å². The quantitative estimate of drug-likeness (QED) is 0.462. The number of benzene rings is 1. The molecule has 0 unspecified atom stereocenters. The molecule has 0 N–H and O–H groups in total. The lowest BCUT2D eigenvalue weighted by Crippen LogP contribution is -2.09.